The summed E-state index contributed by atoms with van der Waals surface area (Å²) < 4.78 is 24.1. The van der Waals surface area contributed by atoms with Crippen molar-refractivity contribution in [2.75, 3.05) is 5.32 Å². The molecule has 0 bridgehead atoms. The Kier molecular flexibility index (Phi) is 6.04. The van der Waals surface area contributed by atoms with Crippen LogP contribution in [0.2, 0.25) is 0 Å². The van der Waals surface area contributed by atoms with Crippen LogP contribution in [0, 0.1) is 12.7 Å². The van der Waals surface area contributed by atoms with Crippen LogP contribution < -0.4 is 15.8 Å². The molecule has 8 heteroatoms. The number of anilines is 1. The fourth-order valence-electron chi connectivity index (χ4n) is 3.25. The zero-order valence-electron chi connectivity index (χ0n) is 17.1. The van der Waals surface area contributed by atoms with E-state index in [-0.39, 0.29) is 23.7 Å². The van der Waals surface area contributed by atoms with E-state index >= 15 is 0 Å². The molecule has 0 unspecified atom stereocenters. The zero-order valence-corrected chi connectivity index (χ0v) is 17.9. The van der Waals surface area contributed by atoms with Crippen molar-refractivity contribution in [3.05, 3.63) is 94.5 Å². The molecule has 0 saturated carbocycles. The second-order valence-electron chi connectivity index (χ2n) is 6.93. The first-order valence-electron chi connectivity index (χ1n) is 9.69. The number of furan rings is 1. The lowest BCUT2D eigenvalue weighted by Gasteiger charge is -2.06. The van der Waals surface area contributed by atoms with Gasteiger partial charge in [0.25, 0.3) is 11.8 Å². The van der Waals surface area contributed by atoms with E-state index in [0.29, 0.717) is 22.1 Å². The van der Waals surface area contributed by atoms with E-state index in [2.05, 4.69) is 5.32 Å². The highest BCUT2D eigenvalue weighted by atomic mass is 32.1. The quantitative estimate of drug-likeness (QED) is 0.395. The number of carbonyl (C=O) groups is 2. The summed E-state index contributed by atoms with van der Waals surface area (Å²) in [6.07, 6.45) is 0. The first-order valence-corrected chi connectivity index (χ1v) is 10.5. The van der Waals surface area contributed by atoms with Gasteiger partial charge in [-0.2, -0.15) is 0 Å². The molecule has 0 aliphatic carbocycles. The lowest BCUT2D eigenvalue weighted by molar-refractivity contribution is 0.0993. The Balaban J connectivity index is 1.51. The van der Waals surface area contributed by atoms with Crippen LogP contribution in [-0.2, 0) is 6.61 Å². The second-order valence-corrected chi connectivity index (χ2v) is 8.16. The fraction of sp³-hybridized carbons (Fsp3) is 0.0833. The maximum atomic E-state index is 13.0. The Morgan fingerprint density at radius 3 is 2.47 bits per heavy atom. The van der Waals surface area contributed by atoms with Gasteiger partial charge in [0.2, 0.25) is 0 Å². The summed E-state index contributed by atoms with van der Waals surface area (Å²) in [5, 5.41) is 3.10. The third-order valence-corrected chi connectivity index (χ3v) is 5.72. The highest BCUT2D eigenvalue weighted by Gasteiger charge is 2.24. The Labute approximate surface area is 187 Å². The zero-order chi connectivity index (χ0) is 22.7. The summed E-state index contributed by atoms with van der Waals surface area (Å²) in [5.74, 6) is -0.545. The van der Waals surface area contributed by atoms with Gasteiger partial charge in [-0.25, -0.2) is 4.39 Å². The number of nitrogens with two attached hydrogens (primary N) is 1. The standard InChI is InChI=1S/C24H19FN2O4S/c1-14-20(15-5-3-2-4-6-15)21(22(26)28)24(32-14)27-23(29)19-12-11-18(31-19)13-30-17-9-7-16(25)8-10-17/h2-12H,13H2,1H3,(H2,26,28)(H,27,29). The third-order valence-electron chi connectivity index (χ3n) is 4.70. The van der Waals surface area contributed by atoms with Crippen molar-refractivity contribution >= 4 is 28.2 Å². The molecular formula is C24H19FN2O4S. The number of aryl methyl sites for hydroxylation is 1. The molecule has 162 valence electrons. The smallest absolute Gasteiger partial charge is 0.291 e. The summed E-state index contributed by atoms with van der Waals surface area (Å²) in [4.78, 5) is 25.8. The molecule has 32 heavy (non-hydrogen) atoms. The number of halogens is 1. The molecule has 2 aromatic heterocycles. The topological polar surface area (TPSA) is 94.6 Å². The van der Waals surface area contributed by atoms with Crippen LogP contribution in [0.25, 0.3) is 11.1 Å². The summed E-state index contributed by atoms with van der Waals surface area (Å²) in [6, 6.07) is 18.1. The summed E-state index contributed by atoms with van der Waals surface area (Å²) in [5.41, 5.74) is 7.45. The molecule has 3 N–H and O–H groups in total. The SMILES string of the molecule is Cc1sc(NC(=O)c2ccc(COc3ccc(F)cc3)o2)c(C(N)=O)c1-c1ccccc1. The lowest BCUT2D eigenvalue weighted by atomic mass is 10.0. The van der Waals surface area contributed by atoms with Gasteiger partial charge >= 0.3 is 0 Å². The number of ether oxygens (including phenoxy) is 1. The van der Waals surface area contributed by atoms with Crippen LogP contribution in [0.5, 0.6) is 5.75 Å². The van der Waals surface area contributed by atoms with E-state index in [4.69, 9.17) is 14.9 Å². The van der Waals surface area contributed by atoms with E-state index in [1.807, 2.05) is 37.3 Å². The Morgan fingerprint density at radius 1 is 1.06 bits per heavy atom. The summed E-state index contributed by atoms with van der Waals surface area (Å²) in [7, 11) is 0. The van der Waals surface area contributed by atoms with Crippen molar-refractivity contribution < 1.29 is 23.1 Å². The minimum atomic E-state index is -0.628. The first kappa shape index (κ1) is 21.3. The molecule has 0 fully saturated rings. The summed E-state index contributed by atoms with van der Waals surface area (Å²) >= 11 is 1.27. The van der Waals surface area contributed by atoms with Gasteiger partial charge in [-0.05, 0) is 48.9 Å². The maximum Gasteiger partial charge on any atom is 0.291 e. The van der Waals surface area contributed by atoms with E-state index < -0.39 is 11.8 Å². The number of hydrogen-bond donors (Lipinski definition) is 2. The molecule has 0 spiro atoms. The third kappa shape index (κ3) is 4.55. The molecule has 0 saturated heterocycles. The van der Waals surface area contributed by atoms with Crippen molar-refractivity contribution in [2.24, 2.45) is 5.73 Å². The van der Waals surface area contributed by atoms with Gasteiger partial charge in [0.05, 0.1) is 5.56 Å². The van der Waals surface area contributed by atoms with Crippen molar-refractivity contribution in [1.29, 1.82) is 0 Å². The minimum absolute atomic E-state index is 0.0606. The molecule has 2 aromatic carbocycles. The van der Waals surface area contributed by atoms with Crippen LogP contribution in [0.15, 0.2) is 71.1 Å². The minimum Gasteiger partial charge on any atom is -0.486 e. The van der Waals surface area contributed by atoms with Crippen molar-refractivity contribution in [3.63, 3.8) is 0 Å². The molecule has 0 aliphatic rings. The predicted octanol–water partition coefficient (Wildman–Crippen LogP) is 5.39. The van der Waals surface area contributed by atoms with E-state index in [1.165, 1.54) is 41.7 Å². The monoisotopic (exact) mass is 450 g/mol. The van der Waals surface area contributed by atoms with Gasteiger partial charge in [-0.15, -0.1) is 11.3 Å². The molecule has 2 heterocycles. The Morgan fingerprint density at radius 2 is 1.78 bits per heavy atom. The average molecular weight is 450 g/mol. The highest BCUT2D eigenvalue weighted by Crippen LogP contribution is 2.39. The number of benzene rings is 2. The molecule has 0 radical (unpaired) electrons. The number of nitrogens with one attached hydrogen (secondary N) is 1. The molecule has 2 amide bonds. The number of amides is 2. The van der Waals surface area contributed by atoms with Gasteiger partial charge in [0.15, 0.2) is 5.76 Å². The summed E-state index contributed by atoms with van der Waals surface area (Å²) in [6.45, 7) is 1.94. The van der Waals surface area contributed by atoms with Crippen LogP contribution >= 0.6 is 11.3 Å². The van der Waals surface area contributed by atoms with E-state index in [9.17, 15) is 14.0 Å². The molecule has 0 aliphatic heterocycles. The van der Waals surface area contributed by atoms with Crippen molar-refractivity contribution in [3.8, 4) is 16.9 Å². The van der Waals surface area contributed by atoms with Gasteiger partial charge in [-0.1, -0.05) is 30.3 Å². The molecule has 6 nitrogen and oxygen atoms in total. The Hall–Kier alpha value is -3.91. The van der Waals surface area contributed by atoms with Crippen LogP contribution in [0.1, 0.15) is 31.6 Å². The number of hydrogen-bond acceptors (Lipinski definition) is 5. The van der Waals surface area contributed by atoms with Gasteiger partial charge < -0.3 is 20.2 Å². The number of carbonyl (C=O) groups excluding carboxylic acids is 2. The van der Waals surface area contributed by atoms with Gasteiger partial charge in [0, 0.05) is 10.4 Å². The average Bonchev–Trinajstić information content (AvgIpc) is 3.38. The Bertz CT molecular complexity index is 1260. The first-order chi connectivity index (χ1) is 15.4. The maximum absolute atomic E-state index is 13.0. The van der Waals surface area contributed by atoms with Crippen molar-refractivity contribution in [2.45, 2.75) is 13.5 Å². The number of primary amides is 1. The van der Waals surface area contributed by atoms with Crippen molar-refractivity contribution in [1.82, 2.24) is 0 Å². The molecule has 4 aromatic rings. The second kappa shape index (κ2) is 9.07. The van der Waals surface area contributed by atoms with Crippen LogP contribution in [0.4, 0.5) is 9.39 Å². The number of thiophene rings is 1. The van der Waals surface area contributed by atoms with Gasteiger partial charge in [-0.3, -0.25) is 9.59 Å². The van der Waals surface area contributed by atoms with Crippen LogP contribution in [-0.4, -0.2) is 11.8 Å². The largest absolute Gasteiger partial charge is 0.486 e. The fourth-order valence-corrected chi connectivity index (χ4v) is 4.32. The number of rotatable bonds is 7. The molecule has 0 atom stereocenters. The van der Waals surface area contributed by atoms with Gasteiger partial charge in [0.1, 0.15) is 28.9 Å². The lowest BCUT2D eigenvalue weighted by Crippen LogP contribution is -2.17. The van der Waals surface area contributed by atoms with Crippen LogP contribution in [0.3, 0.4) is 0 Å². The van der Waals surface area contributed by atoms with E-state index in [0.717, 1.165) is 10.4 Å². The highest BCUT2D eigenvalue weighted by molar-refractivity contribution is 7.17. The normalized spacial score (nSPS) is 10.7. The predicted molar refractivity (Wildman–Crippen MR) is 120 cm³/mol. The molecule has 4 rings (SSSR count). The van der Waals surface area contributed by atoms with E-state index in [1.54, 1.807) is 6.07 Å². The molecular weight excluding hydrogens is 431 g/mol.